The van der Waals surface area contributed by atoms with Crippen LogP contribution in [0, 0.1) is 5.92 Å². The first-order valence-corrected chi connectivity index (χ1v) is 9.58. The van der Waals surface area contributed by atoms with E-state index < -0.39 is 9.84 Å². The maximum Gasteiger partial charge on any atom is 0.147 e. The van der Waals surface area contributed by atoms with E-state index in [1.165, 1.54) is 43.4 Å². The molecule has 1 aliphatic carbocycles. The maximum absolute atomic E-state index is 11.1. The van der Waals surface area contributed by atoms with Gasteiger partial charge in [-0.1, -0.05) is 32.1 Å². The van der Waals surface area contributed by atoms with E-state index >= 15 is 0 Å². The average Bonchev–Trinajstić information content (AvgIpc) is 2.75. The van der Waals surface area contributed by atoms with Crippen LogP contribution in [0.15, 0.2) is 5.38 Å². The van der Waals surface area contributed by atoms with E-state index in [1.54, 1.807) is 11.3 Å². The van der Waals surface area contributed by atoms with Gasteiger partial charge in [-0.15, -0.1) is 11.3 Å². The zero-order chi connectivity index (χ0) is 13.0. The van der Waals surface area contributed by atoms with Crippen LogP contribution in [0.5, 0.6) is 0 Å². The van der Waals surface area contributed by atoms with Crippen LogP contribution in [-0.2, 0) is 22.7 Å². The van der Waals surface area contributed by atoms with Crippen LogP contribution in [0.25, 0.3) is 0 Å². The zero-order valence-electron chi connectivity index (χ0n) is 10.9. The Kier molecular flexibility index (Phi) is 4.78. The molecule has 1 heterocycles. The van der Waals surface area contributed by atoms with Crippen molar-refractivity contribution in [1.82, 2.24) is 4.98 Å². The van der Waals surface area contributed by atoms with Crippen molar-refractivity contribution in [3.63, 3.8) is 0 Å². The van der Waals surface area contributed by atoms with E-state index in [1.807, 2.05) is 5.38 Å². The van der Waals surface area contributed by atoms with Gasteiger partial charge in [-0.2, -0.15) is 0 Å². The molecule has 3 nitrogen and oxygen atoms in total. The summed E-state index contributed by atoms with van der Waals surface area (Å²) >= 11 is 1.69. The molecular formula is C13H21NO2S2. The first kappa shape index (κ1) is 14.0. The van der Waals surface area contributed by atoms with Crippen LogP contribution in [0.2, 0.25) is 0 Å². The summed E-state index contributed by atoms with van der Waals surface area (Å²) in [6.07, 6.45) is 9.68. The Morgan fingerprint density at radius 1 is 1.33 bits per heavy atom. The van der Waals surface area contributed by atoms with Gasteiger partial charge >= 0.3 is 0 Å². The minimum atomic E-state index is -2.88. The molecule has 0 N–H and O–H groups in total. The molecule has 1 fully saturated rings. The first-order valence-electron chi connectivity index (χ1n) is 6.64. The van der Waals surface area contributed by atoms with E-state index in [0.717, 1.165) is 18.0 Å². The number of aromatic nitrogens is 1. The highest BCUT2D eigenvalue weighted by atomic mass is 32.2. The summed E-state index contributed by atoms with van der Waals surface area (Å²) in [5, 5.41) is 3.20. The van der Waals surface area contributed by atoms with Crippen LogP contribution >= 0.6 is 11.3 Å². The van der Waals surface area contributed by atoms with Crippen LogP contribution in [0.3, 0.4) is 0 Å². The van der Waals surface area contributed by atoms with Crippen molar-refractivity contribution in [3.8, 4) is 0 Å². The molecule has 0 bridgehead atoms. The molecule has 5 heteroatoms. The highest BCUT2D eigenvalue weighted by Crippen LogP contribution is 2.27. The number of hydrogen-bond acceptors (Lipinski definition) is 4. The van der Waals surface area contributed by atoms with Gasteiger partial charge in [0.15, 0.2) is 0 Å². The topological polar surface area (TPSA) is 47.0 Å². The first-order chi connectivity index (χ1) is 8.53. The van der Waals surface area contributed by atoms with Crippen LogP contribution < -0.4 is 0 Å². The summed E-state index contributed by atoms with van der Waals surface area (Å²) in [7, 11) is -2.88. The van der Waals surface area contributed by atoms with Gasteiger partial charge in [-0.05, 0) is 5.92 Å². The smallest absolute Gasteiger partial charge is 0.147 e. The Hall–Kier alpha value is -0.420. The highest BCUT2D eigenvalue weighted by molar-refractivity contribution is 7.90. The molecular weight excluding hydrogens is 266 g/mol. The monoisotopic (exact) mass is 287 g/mol. The van der Waals surface area contributed by atoms with Crippen molar-refractivity contribution < 1.29 is 8.42 Å². The molecule has 0 saturated heterocycles. The molecule has 0 unspecified atom stereocenters. The molecule has 102 valence electrons. The SMILES string of the molecule is CS(=O)(=O)CCc1csc(CC2CCCCC2)n1. The third-order valence-electron chi connectivity index (χ3n) is 3.52. The quantitative estimate of drug-likeness (QED) is 0.836. The number of rotatable bonds is 5. The summed E-state index contributed by atoms with van der Waals surface area (Å²) in [6, 6.07) is 0. The third-order valence-corrected chi connectivity index (χ3v) is 5.38. The largest absolute Gasteiger partial charge is 0.246 e. The Labute approximate surface area is 114 Å². The Morgan fingerprint density at radius 2 is 2.06 bits per heavy atom. The second kappa shape index (κ2) is 6.15. The molecule has 0 atom stereocenters. The Morgan fingerprint density at radius 3 is 2.72 bits per heavy atom. The molecule has 1 aromatic rings. The highest BCUT2D eigenvalue weighted by Gasteiger charge is 2.16. The van der Waals surface area contributed by atoms with Crippen molar-refractivity contribution >= 4 is 21.2 Å². The van der Waals surface area contributed by atoms with Crippen molar-refractivity contribution in [2.75, 3.05) is 12.0 Å². The molecule has 0 aromatic carbocycles. The lowest BCUT2D eigenvalue weighted by atomic mass is 9.87. The minimum Gasteiger partial charge on any atom is -0.246 e. The van der Waals surface area contributed by atoms with Gasteiger partial charge in [-0.25, -0.2) is 13.4 Å². The molecule has 0 amide bonds. The second-order valence-corrected chi connectivity index (χ2v) is 8.52. The van der Waals surface area contributed by atoms with Gasteiger partial charge in [0.2, 0.25) is 0 Å². The summed E-state index contributed by atoms with van der Waals surface area (Å²) in [5.74, 6) is 1.01. The summed E-state index contributed by atoms with van der Waals surface area (Å²) in [4.78, 5) is 4.56. The van der Waals surface area contributed by atoms with Crippen molar-refractivity contribution in [2.45, 2.75) is 44.9 Å². The van der Waals surface area contributed by atoms with Gasteiger partial charge in [0.1, 0.15) is 9.84 Å². The predicted octanol–water partition coefficient (Wildman–Crippen LogP) is 2.85. The van der Waals surface area contributed by atoms with E-state index in [2.05, 4.69) is 4.98 Å². The van der Waals surface area contributed by atoms with Crippen molar-refractivity contribution in [1.29, 1.82) is 0 Å². The average molecular weight is 287 g/mol. The lowest BCUT2D eigenvalue weighted by Crippen LogP contribution is -2.09. The number of thiazole rings is 1. The van der Waals surface area contributed by atoms with Gasteiger partial charge in [0.05, 0.1) is 16.5 Å². The molecule has 0 radical (unpaired) electrons. The summed E-state index contributed by atoms with van der Waals surface area (Å²) < 4.78 is 22.2. The van der Waals surface area contributed by atoms with E-state index in [4.69, 9.17) is 0 Å². The molecule has 18 heavy (non-hydrogen) atoms. The van der Waals surface area contributed by atoms with Gasteiger partial charge < -0.3 is 0 Å². The summed E-state index contributed by atoms with van der Waals surface area (Å²) in [5.41, 5.74) is 0.941. The normalized spacial score (nSPS) is 18.1. The number of aryl methyl sites for hydroxylation is 1. The number of nitrogens with zero attached hydrogens (tertiary/aromatic N) is 1. The summed E-state index contributed by atoms with van der Waals surface area (Å²) in [6.45, 7) is 0. The number of sulfone groups is 1. The van der Waals surface area contributed by atoms with Gasteiger partial charge in [0, 0.05) is 24.5 Å². The molecule has 2 rings (SSSR count). The fourth-order valence-corrected chi connectivity index (χ4v) is 4.01. The Balaban J connectivity index is 1.85. The molecule has 0 aliphatic heterocycles. The van der Waals surface area contributed by atoms with Gasteiger partial charge in [0.25, 0.3) is 0 Å². The lowest BCUT2D eigenvalue weighted by Gasteiger charge is -2.20. The zero-order valence-corrected chi connectivity index (χ0v) is 12.5. The predicted molar refractivity (Wildman–Crippen MR) is 75.8 cm³/mol. The second-order valence-electron chi connectivity index (χ2n) is 5.32. The molecule has 1 aliphatic rings. The van der Waals surface area contributed by atoms with Crippen LogP contribution in [0.4, 0.5) is 0 Å². The third kappa shape index (κ3) is 4.69. The Bertz CT molecular complexity index is 473. The standard InChI is InChI=1S/C13H21NO2S2/c1-18(15,16)8-7-12-10-17-13(14-12)9-11-5-3-2-4-6-11/h10-11H,2-9H2,1H3. The molecule has 1 aromatic heterocycles. The minimum absolute atomic E-state index is 0.208. The van der Waals surface area contributed by atoms with Crippen molar-refractivity contribution in [3.05, 3.63) is 16.1 Å². The van der Waals surface area contributed by atoms with Crippen LogP contribution in [0.1, 0.15) is 42.8 Å². The molecule has 1 saturated carbocycles. The molecule has 0 spiro atoms. The fraction of sp³-hybridized carbons (Fsp3) is 0.769. The maximum atomic E-state index is 11.1. The van der Waals surface area contributed by atoms with Crippen molar-refractivity contribution in [2.24, 2.45) is 5.92 Å². The lowest BCUT2D eigenvalue weighted by molar-refractivity contribution is 0.356. The van der Waals surface area contributed by atoms with E-state index in [-0.39, 0.29) is 5.75 Å². The van der Waals surface area contributed by atoms with Gasteiger partial charge in [-0.3, -0.25) is 0 Å². The van der Waals surface area contributed by atoms with E-state index in [9.17, 15) is 8.42 Å². The van der Waals surface area contributed by atoms with E-state index in [0.29, 0.717) is 6.42 Å². The van der Waals surface area contributed by atoms with Crippen LogP contribution in [-0.4, -0.2) is 25.4 Å². The fourth-order valence-electron chi connectivity index (χ4n) is 2.49. The number of hydrogen-bond donors (Lipinski definition) is 0.